The SMILES string of the molecule is NC(=O)c1ccc(COc2c(-c3ccc(O)c(O)c3)oc3cc(O)cc(O)c3c2=O)cc1. The fraction of sp³-hybridized carbons (Fsp3) is 0.0435. The van der Waals surface area contributed by atoms with E-state index in [-0.39, 0.29) is 46.1 Å². The number of phenolic OH excluding ortho intramolecular Hbond substituents is 4. The summed E-state index contributed by atoms with van der Waals surface area (Å²) < 4.78 is 11.5. The lowest BCUT2D eigenvalue weighted by atomic mass is 10.1. The van der Waals surface area contributed by atoms with Crippen LogP contribution in [0.15, 0.2) is 63.8 Å². The van der Waals surface area contributed by atoms with Crippen LogP contribution in [-0.4, -0.2) is 26.3 Å². The number of rotatable bonds is 5. The number of primary amides is 1. The third-order valence-corrected chi connectivity index (χ3v) is 4.78. The first-order chi connectivity index (χ1) is 15.2. The van der Waals surface area contributed by atoms with Gasteiger partial charge in [-0.15, -0.1) is 0 Å². The number of phenols is 4. The number of hydrogen-bond donors (Lipinski definition) is 5. The van der Waals surface area contributed by atoms with Crippen molar-refractivity contribution in [2.24, 2.45) is 5.73 Å². The normalized spacial score (nSPS) is 10.9. The molecule has 0 spiro atoms. The molecule has 1 aromatic heterocycles. The highest BCUT2D eigenvalue weighted by atomic mass is 16.5. The maximum atomic E-state index is 13.2. The average molecular weight is 435 g/mol. The molecule has 0 saturated carbocycles. The number of hydrogen-bond acceptors (Lipinski definition) is 8. The Bertz CT molecular complexity index is 1410. The van der Waals surface area contributed by atoms with E-state index in [4.69, 9.17) is 14.9 Å². The first kappa shape index (κ1) is 20.6. The summed E-state index contributed by atoms with van der Waals surface area (Å²) in [5, 5.41) is 39.2. The van der Waals surface area contributed by atoms with E-state index < -0.39 is 22.8 Å². The second kappa shape index (κ2) is 7.88. The van der Waals surface area contributed by atoms with Crippen molar-refractivity contribution < 1.29 is 34.4 Å². The topological polar surface area (TPSA) is 163 Å². The summed E-state index contributed by atoms with van der Waals surface area (Å²) in [6, 6.07) is 12.2. The first-order valence-corrected chi connectivity index (χ1v) is 9.31. The summed E-state index contributed by atoms with van der Waals surface area (Å²) in [6.45, 7) is -0.0920. The van der Waals surface area contributed by atoms with Gasteiger partial charge < -0.3 is 35.3 Å². The van der Waals surface area contributed by atoms with E-state index in [1.807, 2.05) is 0 Å². The number of amides is 1. The molecule has 9 nitrogen and oxygen atoms in total. The van der Waals surface area contributed by atoms with Crippen molar-refractivity contribution >= 4 is 16.9 Å². The molecule has 0 unspecified atom stereocenters. The zero-order valence-corrected chi connectivity index (χ0v) is 16.4. The van der Waals surface area contributed by atoms with Crippen molar-refractivity contribution in [2.45, 2.75) is 6.61 Å². The van der Waals surface area contributed by atoms with Gasteiger partial charge in [0, 0.05) is 23.3 Å². The molecule has 0 aliphatic carbocycles. The number of carbonyl (C=O) groups is 1. The second-order valence-corrected chi connectivity index (χ2v) is 6.98. The summed E-state index contributed by atoms with van der Waals surface area (Å²) in [5.41, 5.74) is 5.55. The van der Waals surface area contributed by atoms with E-state index in [0.29, 0.717) is 11.1 Å². The Morgan fingerprint density at radius 1 is 0.906 bits per heavy atom. The summed E-state index contributed by atoms with van der Waals surface area (Å²) in [7, 11) is 0. The minimum absolute atomic E-state index is 0.0865. The Morgan fingerprint density at radius 3 is 2.28 bits per heavy atom. The molecule has 0 bridgehead atoms. The lowest BCUT2D eigenvalue weighted by molar-refractivity contribution is 0.1000. The summed E-state index contributed by atoms with van der Waals surface area (Å²) in [6.07, 6.45) is 0. The van der Waals surface area contributed by atoms with Crippen molar-refractivity contribution in [1.82, 2.24) is 0 Å². The summed E-state index contributed by atoms with van der Waals surface area (Å²) in [4.78, 5) is 24.4. The lowest BCUT2D eigenvalue weighted by Gasteiger charge is -2.13. The Labute approximate surface area is 180 Å². The number of fused-ring (bicyclic) bond motifs is 1. The molecule has 6 N–H and O–H groups in total. The Kier molecular flexibility index (Phi) is 5.07. The van der Waals surface area contributed by atoms with Crippen molar-refractivity contribution in [3.8, 4) is 40.1 Å². The zero-order valence-electron chi connectivity index (χ0n) is 16.4. The Morgan fingerprint density at radius 2 is 1.62 bits per heavy atom. The molecule has 0 aliphatic heterocycles. The number of carbonyl (C=O) groups excluding carboxylic acids is 1. The lowest BCUT2D eigenvalue weighted by Crippen LogP contribution is -2.12. The number of aromatic hydroxyl groups is 4. The van der Waals surface area contributed by atoms with Crippen LogP contribution in [0.5, 0.6) is 28.7 Å². The van der Waals surface area contributed by atoms with Crippen molar-refractivity contribution in [3.05, 3.63) is 75.9 Å². The van der Waals surface area contributed by atoms with Gasteiger partial charge in [-0.3, -0.25) is 9.59 Å². The second-order valence-electron chi connectivity index (χ2n) is 6.98. The van der Waals surface area contributed by atoms with Gasteiger partial charge in [0.2, 0.25) is 17.1 Å². The van der Waals surface area contributed by atoms with Crippen LogP contribution in [0.2, 0.25) is 0 Å². The summed E-state index contributed by atoms with van der Waals surface area (Å²) in [5.74, 6) is -2.56. The van der Waals surface area contributed by atoms with Crippen LogP contribution in [0.25, 0.3) is 22.3 Å². The molecule has 4 rings (SSSR count). The molecule has 9 heteroatoms. The first-order valence-electron chi connectivity index (χ1n) is 9.31. The highest BCUT2D eigenvalue weighted by Crippen LogP contribution is 2.38. The highest BCUT2D eigenvalue weighted by molar-refractivity contribution is 5.92. The Hall–Kier alpha value is -4.66. The van der Waals surface area contributed by atoms with E-state index in [0.717, 1.165) is 12.1 Å². The van der Waals surface area contributed by atoms with E-state index in [1.165, 1.54) is 30.3 Å². The van der Waals surface area contributed by atoms with Crippen LogP contribution >= 0.6 is 0 Å². The molecule has 0 radical (unpaired) electrons. The van der Waals surface area contributed by atoms with Crippen molar-refractivity contribution in [1.29, 1.82) is 0 Å². The standard InChI is InChI=1S/C23H17NO8/c24-23(30)12-3-1-11(2-4-12)10-31-22-20(29)19-17(28)8-14(25)9-18(19)32-21(22)13-5-6-15(26)16(27)7-13/h1-9,25-28H,10H2,(H2,24,30). The van der Waals surface area contributed by atoms with Crippen LogP contribution in [0.4, 0.5) is 0 Å². The van der Waals surface area contributed by atoms with Gasteiger partial charge in [0.05, 0.1) is 0 Å². The molecule has 1 amide bonds. The van der Waals surface area contributed by atoms with Gasteiger partial charge in [-0.1, -0.05) is 12.1 Å². The quantitative estimate of drug-likeness (QED) is 0.299. The highest BCUT2D eigenvalue weighted by Gasteiger charge is 2.21. The largest absolute Gasteiger partial charge is 0.508 e. The minimum Gasteiger partial charge on any atom is -0.508 e. The fourth-order valence-corrected chi connectivity index (χ4v) is 3.17. The molecule has 32 heavy (non-hydrogen) atoms. The maximum absolute atomic E-state index is 13.2. The van der Waals surface area contributed by atoms with Gasteiger partial charge >= 0.3 is 0 Å². The van der Waals surface area contributed by atoms with Gasteiger partial charge in [0.15, 0.2) is 17.3 Å². The van der Waals surface area contributed by atoms with E-state index >= 15 is 0 Å². The number of ether oxygens (including phenoxy) is 1. The van der Waals surface area contributed by atoms with Crippen LogP contribution < -0.4 is 15.9 Å². The van der Waals surface area contributed by atoms with Gasteiger partial charge in [-0.25, -0.2) is 0 Å². The molecule has 0 saturated heterocycles. The molecule has 3 aromatic carbocycles. The van der Waals surface area contributed by atoms with Gasteiger partial charge in [-0.2, -0.15) is 0 Å². The molecule has 4 aromatic rings. The van der Waals surface area contributed by atoms with Crippen LogP contribution in [0, 0.1) is 0 Å². The Balaban J connectivity index is 1.84. The predicted molar refractivity (Wildman–Crippen MR) is 114 cm³/mol. The third kappa shape index (κ3) is 3.74. The van der Waals surface area contributed by atoms with E-state index in [9.17, 15) is 30.0 Å². The summed E-state index contributed by atoms with van der Waals surface area (Å²) >= 11 is 0. The molecule has 162 valence electrons. The van der Waals surface area contributed by atoms with Crippen LogP contribution in [-0.2, 0) is 6.61 Å². The number of benzene rings is 3. The third-order valence-electron chi connectivity index (χ3n) is 4.78. The van der Waals surface area contributed by atoms with Crippen LogP contribution in [0.1, 0.15) is 15.9 Å². The molecular weight excluding hydrogens is 418 g/mol. The van der Waals surface area contributed by atoms with Crippen molar-refractivity contribution in [3.63, 3.8) is 0 Å². The van der Waals surface area contributed by atoms with Gasteiger partial charge in [-0.05, 0) is 35.9 Å². The molecule has 1 heterocycles. The van der Waals surface area contributed by atoms with Crippen molar-refractivity contribution in [2.75, 3.05) is 0 Å². The van der Waals surface area contributed by atoms with Gasteiger partial charge in [0.1, 0.15) is 29.1 Å². The average Bonchev–Trinajstić information content (AvgIpc) is 2.74. The van der Waals surface area contributed by atoms with E-state index in [1.54, 1.807) is 12.1 Å². The maximum Gasteiger partial charge on any atom is 0.248 e. The van der Waals surface area contributed by atoms with Gasteiger partial charge in [0.25, 0.3) is 0 Å². The molecule has 0 aliphatic rings. The van der Waals surface area contributed by atoms with E-state index in [2.05, 4.69) is 0 Å². The molecule has 0 fully saturated rings. The molecule has 0 atom stereocenters. The van der Waals surface area contributed by atoms with Crippen LogP contribution in [0.3, 0.4) is 0 Å². The number of nitrogens with two attached hydrogens (primary N) is 1. The fourth-order valence-electron chi connectivity index (χ4n) is 3.17. The minimum atomic E-state index is -0.708. The predicted octanol–water partition coefficient (Wildman–Crippen LogP) is 2.96. The zero-order chi connectivity index (χ0) is 23.0. The molecular formula is C23H17NO8. The smallest absolute Gasteiger partial charge is 0.248 e. The monoisotopic (exact) mass is 435 g/mol.